The molecule has 2 aromatic carbocycles. The third-order valence-corrected chi connectivity index (χ3v) is 5.42. The quantitative estimate of drug-likeness (QED) is 0.588. The van der Waals surface area contributed by atoms with Crippen molar-refractivity contribution in [1.29, 1.82) is 0 Å². The van der Waals surface area contributed by atoms with Gasteiger partial charge in [-0.3, -0.25) is 4.90 Å². The molecule has 6 nitrogen and oxygen atoms in total. The number of hydrogen-bond donors (Lipinski definition) is 1. The molecule has 1 aliphatic rings. The summed E-state index contributed by atoms with van der Waals surface area (Å²) in [5, 5.41) is 3.95. The molecular weight excluding hydrogens is 451 g/mol. The van der Waals surface area contributed by atoms with E-state index in [1.54, 1.807) is 56.4 Å². The molecule has 158 valence electrons. The summed E-state index contributed by atoms with van der Waals surface area (Å²) < 4.78 is 11.1. The second kappa shape index (κ2) is 9.60. The van der Waals surface area contributed by atoms with Crippen LogP contribution in [0.25, 0.3) is 0 Å². The van der Waals surface area contributed by atoms with E-state index in [2.05, 4.69) is 5.32 Å². The van der Waals surface area contributed by atoms with E-state index in [1.165, 1.54) is 4.90 Å². The van der Waals surface area contributed by atoms with E-state index in [-0.39, 0.29) is 18.8 Å². The standard InChI is InChI=1S/C21H19Cl3N2O4/c1-3-29-20(27)18-16(11-30-17-7-5-4-6-14(17)23)26(2)21(28)25-19(18)13-9-8-12(22)10-15(13)24/h4-10,19H,3,11H2,1-2H3,(H,25,28)/t19-/m1/s1. The van der Waals surface area contributed by atoms with Gasteiger partial charge in [0.05, 0.1) is 28.9 Å². The summed E-state index contributed by atoms with van der Waals surface area (Å²) in [6.45, 7) is 1.79. The fourth-order valence-corrected chi connectivity index (χ4v) is 3.77. The number of nitrogens with zero attached hydrogens (tertiary/aromatic N) is 1. The van der Waals surface area contributed by atoms with E-state index in [1.807, 2.05) is 0 Å². The molecule has 0 fully saturated rings. The lowest BCUT2D eigenvalue weighted by atomic mass is 9.94. The first-order valence-electron chi connectivity index (χ1n) is 9.10. The molecule has 9 heteroatoms. The average Bonchev–Trinajstić information content (AvgIpc) is 2.70. The number of benzene rings is 2. The molecule has 0 spiro atoms. The van der Waals surface area contributed by atoms with E-state index in [0.717, 1.165) is 0 Å². The SMILES string of the molecule is CCOC(=O)C1=C(COc2ccccc2Cl)N(C)C(=O)N[C@@H]1c1ccc(Cl)cc1Cl. The monoisotopic (exact) mass is 468 g/mol. The Morgan fingerprint density at radius 2 is 1.87 bits per heavy atom. The van der Waals surface area contributed by atoms with Crippen molar-refractivity contribution in [3.63, 3.8) is 0 Å². The summed E-state index contributed by atoms with van der Waals surface area (Å²) in [5.74, 6) is -0.159. The summed E-state index contributed by atoms with van der Waals surface area (Å²) in [6.07, 6.45) is 0. The number of esters is 1. The van der Waals surface area contributed by atoms with Gasteiger partial charge in [0.2, 0.25) is 0 Å². The second-order valence-corrected chi connectivity index (χ2v) is 7.66. The molecule has 1 N–H and O–H groups in total. The second-order valence-electron chi connectivity index (χ2n) is 6.41. The Kier molecular flexibility index (Phi) is 7.13. The van der Waals surface area contributed by atoms with Crippen LogP contribution in [0.2, 0.25) is 15.1 Å². The summed E-state index contributed by atoms with van der Waals surface area (Å²) >= 11 is 18.5. The van der Waals surface area contributed by atoms with Crippen molar-refractivity contribution in [3.8, 4) is 5.75 Å². The topological polar surface area (TPSA) is 67.9 Å². The number of carbonyl (C=O) groups is 2. The molecule has 0 saturated carbocycles. The molecule has 0 saturated heterocycles. The number of likely N-dealkylation sites (N-methyl/N-ethyl adjacent to an activating group) is 1. The first-order chi connectivity index (χ1) is 14.3. The first-order valence-corrected chi connectivity index (χ1v) is 10.2. The van der Waals surface area contributed by atoms with Gasteiger partial charge in [0.1, 0.15) is 12.4 Å². The highest BCUT2D eigenvalue weighted by atomic mass is 35.5. The predicted molar refractivity (Wildman–Crippen MR) is 116 cm³/mol. The summed E-state index contributed by atoms with van der Waals surface area (Å²) in [7, 11) is 1.54. The van der Waals surface area contributed by atoms with Crippen LogP contribution in [0.4, 0.5) is 4.79 Å². The first kappa shape index (κ1) is 22.3. The van der Waals surface area contributed by atoms with E-state index in [0.29, 0.717) is 32.1 Å². The molecule has 0 bridgehead atoms. The molecule has 0 aliphatic carbocycles. The normalized spacial score (nSPS) is 16.4. The highest BCUT2D eigenvalue weighted by Gasteiger charge is 2.38. The van der Waals surface area contributed by atoms with Gasteiger partial charge >= 0.3 is 12.0 Å². The van der Waals surface area contributed by atoms with Crippen molar-refractivity contribution in [1.82, 2.24) is 10.2 Å². The van der Waals surface area contributed by atoms with Gasteiger partial charge in [0.25, 0.3) is 0 Å². The van der Waals surface area contributed by atoms with Crippen molar-refractivity contribution in [3.05, 3.63) is 74.4 Å². The largest absolute Gasteiger partial charge is 0.486 e. The van der Waals surface area contributed by atoms with Crippen LogP contribution < -0.4 is 10.1 Å². The maximum atomic E-state index is 12.9. The predicted octanol–water partition coefficient (Wildman–Crippen LogP) is 5.24. The van der Waals surface area contributed by atoms with E-state index in [4.69, 9.17) is 44.3 Å². The van der Waals surface area contributed by atoms with Crippen LogP contribution in [0.15, 0.2) is 53.7 Å². The minimum Gasteiger partial charge on any atom is -0.486 e. The Labute approximate surface area is 189 Å². The molecule has 0 radical (unpaired) electrons. The fraction of sp³-hybridized carbons (Fsp3) is 0.238. The molecule has 30 heavy (non-hydrogen) atoms. The van der Waals surface area contributed by atoms with Crippen molar-refractivity contribution in [2.75, 3.05) is 20.3 Å². The Bertz CT molecular complexity index is 1010. The van der Waals surface area contributed by atoms with Crippen molar-refractivity contribution in [2.24, 2.45) is 0 Å². The molecule has 1 aliphatic heterocycles. The molecule has 0 aromatic heterocycles. The lowest BCUT2D eigenvalue weighted by molar-refractivity contribution is -0.139. The number of rotatable bonds is 6. The number of urea groups is 1. The lowest BCUT2D eigenvalue weighted by Gasteiger charge is -2.34. The number of nitrogens with one attached hydrogen (secondary N) is 1. The zero-order valence-electron chi connectivity index (χ0n) is 16.2. The van der Waals surface area contributed by atoms with Crippen LogP contribution >= 0.6 is 34.8 Å². The number of ether oxygens (including phenoxy) is 2. The van der Waals surface area contributed by atoms with Gasteiger partial charge in [-0.15, -0.1) is 0 Å². The summed E-state index contributed by atoms with van der Waals surface area (Å²) in [4.78, 5) is 26.8. The van der Waals surface area contributed by atoms with Crippen molar-refractivity contribution < 1.29 is 19.1 Å². The molecule has 0 unspecified atom stereocenters. The lowest BCUT2D eigenvalue weighted by Crippen LogP contribution is -2.48. The minimum atomic E-state index is -0.831. The Hall–Kier alpha value is -2.41. The summed E-state index contributed by atoms with van der Waals surface area (Å²) in [6, 6.07) is 10.5. The van der Waals surface area contributed by atoms with Crippen LogP contribution in [-0.2, 0) is 9.53 Å². The number of carbonyl (C=O) groups excluding carboxylic acids is 2. The Morgan fingerprint density at radius 3 is 2.53 bits per heavy atom. The third kappa shape index (κ3) is 4.67. The molecule has 1 atom stereocenters. The minimum absolute atomic E-state index is 0.0799. The maximum absolute atomic E-state index is 12.9. The highest BCUT2D eigenvalue weighted by Crippen LogP contribution is 2.36. The Balaban J connectivity index is 2.08. The van der Waals surface area contributed by atoms with Gasteiger partial charge in [-0.2, -0.15) is 0 Å². The van der Waals surface area contributed by atoms with Crippen molar-refractivity contribution >= 4 is 46.8 Å². The summed E-state index contributed by atoms with van der Waals surface area (Å²) in [5.41, 5.74) is 1.07. The van der Waals surface area contributed by atoms with Crippen LogP contribution in [0.5, 0.6) is 5.75 Å². The number of amides is 2. The van der Waals surface area contributed by atoms with Crippen LogP contribution in [-0.4, -0.2) is 37.2 Å². The van der Waals surface area contributed by atoms with E-state index < -0.39 is 18.0 Å². The van der Waals surface area contributed by atoms with Crippen LogP contribution in [0, 0.1) is 0 Å². The van der Waals surface area contributed by atoms with E-state index in [9.17, 15) is 9.59 Å². The Morgan fingerprint density at radius 1 is 1.13 bits per heavy atom. The molecule has 3 rings (SSSR count). The van der Waals surface area contributed by atoms with Crippen LogP contribution in [0.1, 0.15) is 18.5 Å². The molecular formula is C21H19Cl3N2O4. The zero-order valence-corrected chi connectivity index (χ0v) is 18.5. The average molecular weight is 470 g/mol. The van der Waals surface area contributed by atoms with E-state index >= 15 is 0 Å². The third-order valence-electron chi connectivity index (χ3n) is 4.55. The molecule has 1 heterocycles. The smallest absolute Gasteiger partial charge is 0.338 e. The highest BCUT2D eigenvalue weighted by molar-refractivity contribution is 6.35. The molecule has 2 amide bonds. The van der Waals surface area contributed by atoms with Crippen molar-refractivity contribution in [2.45, 2.75) is 13.0 Å². The van der Waals surface area contributed by atoms with Gasteiger partial charge in [-0.25, -0.2) is 9.59 Å². The van der Waals surface area contributed by atoms with Gasteiger partial charge in [-0.05, 0) is 36.8 Å². The number of halogens is 3. The fourth-order valence-electron chi connectivity index (χ4n) is 3.06. The van der Waals surface area contributed by atoms with Gasteiger partial charge in [0.15, 0.2) is 0 Å². The van der Waals surface area contributed by atoms with Gasteiger partial charge in [-0.1, -0.05) is 53.0 Å². The van der Waals surface area contributed by atoms with Gasteiger partial charge < -0.3 is 14.8 Å². The van der Waals surface area contributed by atoms with Crippen LogP contribution in [0.3, 0.4) is 0 Å². The number of para-hydroxylation sites is 1. The van der Waals surface area contributed by atoms with Gasteiger partial charge in [0, 0.05) is 17.1 Å². The number of hydrogen-bond acceptors (Lipinski definition) is 4. The maximum Gasteiger partial charge on any atom is 0.338 e. The zero-order chi connectivity index (χ0) is 21.8. The molecule has 2 aromatic rings.